The van der Waals surface area contributed by atoms with Crippen LogP contribution in [0, 0.1) is 11.8 Å². The summed E-state index contributed by atoms with van der Waals surface area (Å²) in [6.07, 6.45) is 7.97. The molecule has 4 nitrogen and oxygen atoms in total. The number of hydrogen-bond acceptors (Lipinski definition) is 3. The molecule has 0 aromatic heterocycles. The number of hydrogen-bond donors (Lipinski definition) is 0. The molecule has 2 fully saturated rings. The summed E-state index contributed by atoms with van der Waals surface area (Å²) < 4.78 is 11.2. The number of para-hydroxylation sites is 2. The van der Waals surface area contributed by atoms with E-state index in [1.165, 1.54) is 25.7 Å². The molecule has 1 saturated carbocycles. The van der Waals surface area contributed by atoms with Crippen molar-refractivity contribution in [2.24, 2.45) is 11.8 Å². The molecule has 0 N–H and O–H groups in total. The van der Waals surface area contributed by atoms with E-state index in [1.54, 1.807) is 7.11 Å². The number of methoxy groups -OCH3 is 1. The molecule has 1 heterocycles. The van der Waals surface area contributed by atoms with E-state index < -0.39 is 0 Å². The van der Waals surface area contributed by atoms with E-state index in [0.717, 1.165) is 43.9 Å². The molecule has 24 heavy (non-hydrogen) atoms. The second-order valence-electron chi connectivity index (χ2n) is 7.14. The van der Waals surface area contributed by atoms with E-state index in [1.807, 2.05) is 24.3 Å². The Labute approximate surface area is 145 Å². The Balaban J connectivity index is 1.39. The van der Waals surface area contributed by atoms with Gasteiger partial charge in [-0.05, 0) is 49.7 Å². The Bertz CT molecular complexity index is 539. The van der Waals surface area contributed by atoms with Crippen LogP contribution in [0.3, 0.4) is 0 Å². The van der Waals surface area contributed by atoms with E-state index in [2.05, 4.69) is 4.90 Å². The van der Waals surface area contributed by atoms with Crippen molar-refractivity contribution in [3.8, 4) is 11.5 Å². The van der Waals surface area contributed by atoms with E-state index in [4.69, 9.17) is 9.47 Å². The normalized spacial score (nSPS) is 21.2. The summed E-state index contributed by atoms with van der Waals surface area (Å²) in [7, 11) is 1.66. The summed E-state index contributed by atoms with van der Waals surface area (Å²) in [6.45, 7) is 2.50. The Hall–Kier alpha value is -1.71. The van der Waals surface area contributed by atoms with Crippen molar-refractivity contribution >= 4 is 5.91 Å². The number of carbonyl (C=O) groups is 1. The first kappa shape index (κ1) is 17.1. The lowest BCUT2D eigenvalue weighted by molar-refractivity contribution is -0.131. The van der Waals surface area contributed by atoms with Gasteiger partial charge in [0.15, 0.2) is 11.5 Å². The van der Waals surface area contributed by atoms with Crippen LogP contribution in [0.2, 0.25) is 0 Å². The Morgan fingerprint density at radius 2 is 1.88 bits per heavy atom. The number of ether oxygens (including phenoxy) is 2. The molecule has 1 aliphatic carbocycles. The van der Waals surface area contributed by atoms with Gasteiger partial charge in [0.25, 0.3) is 0 Å². The minimum absolute atomic E-state index is 0.370. The first-order valence-electron chi connectivity index (χ1n) is 9.30. The van der Waals surface area contributed by atoms with Gasteiger partial charge in [-0.25, -0.2) is 0 Å². The maximum atomic E-state index is 12.4. The number of nitrogens with zero attached hydrogens (tertiary/aromatic N) is 1. The molecule has 1 aromatic rings. The topological polar surface area (TPSA) is 38.8 Å². The predicted molar refractivity (Wildman–Crippen MR) is 94.4 cm³/mol. The first-order chi connectivity index (χ1) is 11.8. The van der Waals surface area contributed by atoms with Gasteiger partial charge in [-0.15, -0.1) is 0 Å². The first-order valence-corrected chi connectivity index (χ1v) is 9.30. The van der Waals surface area contributed by atoms with Crippen LogP contribution in [0.5, 0.6) is 11.5 Å². The average Bonchev–Trinajstić information content (AvgIpc) is 3.27. The maximum Gasteiger partial charge on any atom is 0.222 e. The van der Waals surface area contributed by atoms with E-state index in [-0.39, 0.29) is 0 Å². The van der Waals surface area contributed by atoms with Crippen molar-refractivity contribution in [2.75, 3.05) is 26.8 Å². The third-order valence-electron chi connectivity index (χ3n) is 5.43. The molecule has 1 saturated heterocycles. The van der Waals surface area contributed by atoms with Crippen LogP contribution in [0.1, 0.15) is 44.9 Å². The zero-order valence-corrected chi connectivity index (χ0v) is 14.7. The Kier molecular flexibility index (Phi) is 6.00. The lowest BCUT2D eigenvalue weighted by Crippen LogP contribution is -2.30. The molecule has 4 heteroatoms. The van der Waals surface area contributed by atoms with Gasteiger partial charge in [-0.1, -0.05) is 25.0 Å². The summed E-state index contributed by atoms with van der Waals surface area (Å²) in [4.78, 5) is 14.5. The second kappa shape index (κ2) is 8.41. The average molecular weight is 331 g/mol. The van der Waals surface area contributed by atoms with E-state index >= 15 is 0 Å². The Morgan fingerprint density at radius 3 is 2.62 bits per heavy atom. The molecule has 1 aromatic carbocycles. The molecular weight excluding hydrogens is 302 g/mol. The van der Waals surface area contributed by atoms with Gasteiger partial charge in [-0.3, -0.25) is 4.79 Å². The van der Waals surface area contributed by atoms with Crippen LogP contribution < -0.4 is 9.47 Å². The van der Waals surface area contributed by atoms with Gasteiger partial charge < -0.3 is 14.4 Å². The van der Waals surface area contributed by atoms with Gasteiger partial charge in [0.05, 0.1) is 13.7 Å². The van der Waals surface area contributed by atoms with Gasteiger partial charge in [-0.2, -0.15) is 0 Å². The van der Waals surface area contributed by atoms with Crippen molar-refractivity contribution in [2.45, 2.75) is 44.9 Å². The highest BCUT2D eigenvalue weighted by atomic mass is 16.5. The third-order valence-corrected chi connectivity index (χ3v) is 5.43. The molecule has 3 rings (SSSR count). The van der Waals surface area contributed by atoms with Crippen molar-refractivity contribution in [1.29, 1.82) is 0 Å². The largest absolute Gasteiger partial charge is 0.493 e. The summed E-state index contributed by atoms with van der Waals surface area (Å²) >= 11 is 0. The highest BCUT2D eigenvalue weighted by molar-refractivity contribution is 5.76. The Morgan fingerprint density at radius 1 is 1.12 bits per heavy atom. The van der Waals surface area contributed by atoms with Crippen LogP contribution in [-0.4, -0.2) is 37.6 Å². The summed E-state index contributed by atoms with van der Waals surface area (Å²) in [5.74, 6) is 3.15. The fraction of sp³-hybridized carbons (Fsp3) is 0.650. The number of likely N-dealkylation sites (tertiary alicyclic amines) is 1. The third kappa shape index (κ3) is 4.43. The molecule has 0 spiro atoms. The van der Waals surface area contributed by atoms with Crippen LogP contribution in [0.15, 0.2) is 24.3 Å². The molecular formula is C20H29NO3. The fourth-order valence-electron chi connectivity index (χ4n) is 3.96. The quantitative estimate of drug-likeness (QED) is 0.761. The highest BCUT2D eigenvalue weighted by Crippen LogP contribution is 2.30. The van der Waals surface area contributed by atoms with E-state index in [9.17, 15) is 4.79 Å². The second-order valence-corrected chi connectivity index (χ2v) is 7.14. The highest BCUT2D eigenvalue weighted by Gasteiger charge is 2.28. The van der Waals surface area contributed by atoms with Crippen LogP contribution >= 0.6 is 0 Å². The molecule has 1 atom stereocenters. The van der Waals surface area contributed by atoms with Crippen molar-refractivity contribution in [3.05, 3.63) is 24.3 Å². The molecule has 2 aliphatic rings. The number of amides is 1. The van der Waals surface area contributed by atoms with Gasteiger partial charge in [0.2, 0.25) is 5.91 Å². The molecule has 0 radical (unpaired) electrons. The van der Waals surface area contributed by atoms with Crippen LogP contribution in [0.4, 0.5) is 0 Å². The van der Waals surface area contributed by atoms with Crippen molar-refractivity contribution in [3.63, 3.8) is 0 Å². The zero-order valence-electron chi connectivity index (χ0n) is 14.7. The minimum atomic E-state index is 0.370. The molecule has 1 amide bonds. The van der Waals surface area contributed by atoms with Gasteiger partial charge in [0.1, 0.15) is 0 Å². The molecule has 1 aliphatic heterocycles. The maximum absolute atomic E-state index is 12.4. The lowest BCUT2D eigenvalue weighted by Gasteiger charge is -2.19. The summed E-state index contributed by atoms with van der Waals surface area (Å²) in [5.41, 5.74) is 0. The lowest BCUT2D eigenvalue weighted by atomic mass is 10.0. The minimum Gasteiger partial charge on any atom is -0.493 e. The summed E-state index contributed by atoms with van der Waals surface area (Å²) in [5, 5.41) is 0. The standard InChI is InChI=1S/C20H29NO3/c1-23-18-8-4-5-9-19(18)24-13-11-17-10-12-21(15-17)20(22)14-16-6-2-3-7-16/h4-5,8-9,16-17H,2-3,6-7,10-15H2,1H3. The molecule has 132 valence electrons. The molecule has 0 bridgehead atoms. The molecule has 1 unspecified atom stereocenters. The van der Waals surface area contributed by atoms with Gasteiger partial charge >= 0.3 is 0 Å². The number of benzene rings is 1. The summed E-state index contributed by atoms with van der Waals surface area (Å²) in [6, 6.07) is 7.74. The number of rotatable bonds is 7. The zero-order chi connectivity index (χ0) is 16.8. The predicted octanol–water partition coefficient (Wildman–Crippen LogP) is 3.89. The van der Waals surface area contributed by atoms with Crippen LogP contribution in [0.25, 0.3) is 0 Å². The van der Waals surface area contributed by atoms with Crippen molar-refractivity contribution in [1.82, 2.24) is 4.90 Å². The van der Waals surface area contributed by atoms with Crippen LogP contribution in [-0.2, 0) is 4.79 Å². The number of carbonyl (C=O) groups excluding carboxylic acids is 1. The van der Waals surface area contributed by atoms with E-state index in [0.29, 0.717) is 24.3 Å². The van der Waals surface area contributed by atoms with Gasteiger partial charge in [0, 0.05) is 19.5 Å². The fourth-order valence-corrected chi connectivity index (χ4v) is 3.96. The smallest absolute Gasteiger partial charge is 0.222 e. The van der Waals surface area contributed by atoms with Crippen molar-refractivity contribution < 1.29 is 14.3 Å². The monoisotopic (exact) mass is 331 g/mol. The SMILES string of the molecule is COc1ccccc1OCCC1CCN(C(=O)CC2CCCC2)C1.